The van der Waals surface area contributed by atoms with Gasteiger partial charge in [0.05, 0.1) is 0 Å². The van der Waals surface area contributed by atoms with E-state index in [2.05, 4.69) is 97.7 Å². The lowest BCUT2D eigenvalue weighted by Crippen LogP contribution is -2.37. The van der Waals surface area contributed by atoms with E-state index >= 15 is 0 Å². The van der Waals surface area contributed by atoms with Crippen molar-refractivity contribution < 1.29 is 4.42 Å². The fourth-order valence-corrected chi connectivity index (χ4v) is 7.58. The fraction of sp³-hybridized carbons (Fsp3) is 0.297. The van der Waals surface area contributed by atoms with Crippen molar-refractivity contribution in [1.29, 1.82) is 0 Å². The number of aryl methyl sites for hydroxylation is 1. The predicted molar refractivity (Wildman–Crippen MR) is 162 cm³/mol. The SMILES string of the molecule is CC1(C)C2=C(CCC(c3ccc4oc5c(c4c3)C3=C(CCC=C3)CC5)=C2)N(C2=CCCC=C2)c2ccccc21. The molecule has 0 saturated carbocycles. The second-order valence-electron chi connectivity index (χ2n) is 12.2. The van der Waals surface area contributed by atoms with Crippen LogP contribution in [0.25, 0.3) is 22.1 Å². The quantitative estimate of drug-likeness (QED) is 0.342. The van der Waals surface area contributed by atoms with E-state index in [1.165, 1.54) is 74.5 Å². The minimum absolute atomic E-state index is 0.0570. The molecule has 2 heteroatoms. The van der Waals surface area contributed by atoms with E-state index in [0.29, 0.717) is 0 Å². The van der Waals surface area contributed by atoms with Crippen LogP contribution in [0.4, 0.5) is 5.69 Å². The Morgan fingerprint density at radius 2 is 1.74 bits per heavy atom. The van der Waals surface area contributed by atoms with E-state index in [0.717, 1.165) is 44.1 Å². The second-order valence-corrected chi connectivity index (χ2v) is 12.2. The van der Waals surface area contributed by atoms with Gasteiger partial charge >= 0.3 is 0 Å². The van der Waals surface area contributed by atoms with Crippen molar-refractivity contribution in [2.24, 2.45) is 0 Å². The number of fused-ring (bicyclic) bond motifs is 5. The number of anilines is 1. The zero-order valence-corrected chi connectivity index (χ0v) is 23.0. The molecule has 1 aromatic heterocycles. The van der Waals surface area contributed by atoms with Gasteiger partial charge in [0.2, 0.25) is 0 Å². The Hall–Kier alpha value is -3.78. The first-order valence-electron chi connectivity index (χ1n) is 14.7. The van der Waals surface area contributed by atoms with Crippen LogP contribution in [0.5, 0.6) is 0 Å². The van der Waals surface area contributed by atoms with E-state index in [9.17, 15) is 0 Å². The number of nitrogens with zero attached hydrogens (tertiary/aromatic N) is 1. The largest absolute Gasteiger partial charge is 0.460 e. The maximum absolute atomic E-state index is 6.40. The Labute approximate surface area is 231 Å². The highest BCUT2D eigenvalue weighted by atomic mass is 16.3. The van der Waals surface area contributed by atoms with E-state index in [1.54, 1.807) is 5.57 Å². The topological polar surface area (TPSA) is 16.4 Å². The third kappa shape index (κ3) is 3.47. The van der Waals surface area contributed by atoms with E-state index in [1.807, 2.05) is 0 Å². The molecular weight excluding hydrogens is 474 g/mol. The average Bonchev–Trinajstić information content (AvgIpc) is 3.36. The van der Waals surface area contributed by atoms with Gasteiger partial charge in [0.15, 0.2) is 0 Å². The minimum atomic E-state index is -0.0570. The minimum Gasteiger partial charge on any atom is -0.460 e. The Balaban J connectivity index is 1.27. The highest BCUT2D eigenvalue weighted by molar-refractivity contribution is 5.98. The average molecular weight is 510 g/mol. The van der Waals surface area contributed by atoms with Crippen molar-refractivity contribution in [3.8, 4) is 0 Å². The Kier molecular flexibility index (Phi) is 5.11. The van der Waals surface area contributed by atoms with Crippen LogP contribution in [-0.4, -0.2) is 0 Å². The van der Waals surface area contributed by atoms with Gasteiger partial charge in [0.25, 0.3) is 0 Å². The number of rotatable bonds is 2. The molecule has 194 valence electrons. The molecule has 0 unspecified atom stereocenters. The summed E-state index contributed by atoms with van der Waals surface area (Å²) in [5.41, 5.74) is 15.1. The molecule has 1 aliphatic heterocycles. The van der Waals surface area contributed by atoms with Gasteiger partial charge in [-0.2, -0.15) is 0 Å². The number of furan rings is 1. The van der Waals surface area contributed by atoms with Crippen molar-refractivity contribution in [1.82, 2.24) is 0 Å². The van der Waals surface area contributed by atoms with Crippen molar-refractivity contribution in [2.45, 2.75) is 70.6 Å². The molecule has 0 fully saturated rings. The first-order valence-corrected chi connectivity index (χ1v) is 14.7. The van der Waals surface area contributed by atoms with Crippen molar-refractivity contribution in [3.05, 3.63) is 124 Å². The zero-order chi connectivity index (χ0) is 26.1. The fourth-order valence-electron chi connectivity index (χ4n) is 7.58. The monoisotopic (exact) mass is 509 g/mol. The Bertz CT molecular complexity index is 1730. The summed E-state index contributed by atoms with van der Waals surface area (Å²) in [6.07, 6.45) is 23.1. The Morgan fingerprint density at radius 1 is 0.846 bits per heavy atom. The number of benzene rings is 2. The molecule has 0 bridgehead atoms. The molecule has 0 amide bonds. The summed E-state index contributed by atoms with van der Waals surface area (Å²) in [6.45, 7) is 4.81. The normalized spacial score (nSPS) is 21.3. The van der Waals surface area contributed by atoms with Crippen LogP contribution in [0, 0.1) is 0 Å². The van der Waals surface area contributed by atoms with Gasteiger partial charge in [0.1, 0.15) is 11.3 Å². The second kappa shape index (κ2) is 8.61. The molecule has 2 nitrogen and oxygen atoms in total. The van der Waals surface area contributed by atoms with Gasteiger partial charge in [-0.25, -0.2) is 0 Å². The molecule has 39 heavy (non-hydrogen) atoms. The first kappa shape index (κ1) is 23.1. The van der Waals surface area contributed by atoms with Crippen LogP contribution in [0.1, 0.15) is 81.2 Å². The van der Waals surface area contributed by atoms with Crippen LogP contribution in [0.3, 0.4) is 0 Å². The molecule has 0 radical (unpaired) electrons. The van der Waals surface area contributed by atoms with Crippen molar-refractivity contribution >= 4 is 27.8 Å². The van der Waals surface area contributed by atoms with Gasteiger partial charge in [0, 0.05) is 39.9 Å². The third-order valence-corrected chi connectivity index (χ3v) is 9.59. The number of para-hydroxylation sites is 1. The number of hydrogen-bond acceptors (Lipinski definition) is 2. The highest BCUT2D eigenvalue weighted by Crippen LogP contribution is 2.52. The standard InChI is InChI=1S/C37H35NO/c1-37(2)30-14-8-9-15-32(30)38(27-11-4-3-5-12-27)33-19-16-26(23-31(33)37)25-18-20-34-29(22-25)36-28-13-7-6-10-24(28)17-21-35(36)39-34/h4,7-9,11-15,18,20,22-23H,3,5-6,10,16-17,19,21H2,1-2H3. The van der Waals surface area contributed by atoms with Crippen LogP contribution in [-0.2, 0) is 11.8 Å². The molecule has 3 aromatic rings. The van der Waals surface area contributed by atoms with Gasteiger partial charge in [-0.15, -0.1) is 0 Å². The Morgan fingerprint density at radius 3 is 2.64 bits per heavy atom. The summed E-state index contributed by atoms with van der Waals surface area (Å²) >= 11 is 0. The van der Waals surface area contributed by atoms with Crippen LogP contribution < -0.4 is 4.90 Å². The molecule has 4 aliphatic carbocycles. The summed E-state index contributed by atoms with van der Waals surface area (Å²) in [7, 11) is 0. The van der Waals surface area contributed by atoms with Gasteiger partial charge < -0.3 is 9.32 Å². The van der Waals surface area contributed by atoms with E-state index < -0.39 is 0 Å². The maximum Gasteiger partial charge on any atom is 0.134 e. The molecule has 8 rings (SSSR count). The van der Waals surface area contributed by atoms with Gasteiger partial charge in [-0.3, -0.25) is 0 Å². The summed E-state index contributed by atoms with van der Waals surface area (Å²) in [5, 5.41) is 1.29. The third-order valence-electron chi connectivity index (χ3n) is 9.59. The molecule has 5 aliphatic rings. The molecule has 0 atom stereocenters. The lowest BCUT2D eigenvalue weighted by atomic mass is 9.70. The van der Waals surface area contributed by atoms with Crippen LogP contribution in [0.2, 0.25) is 0 Å². The summed E-state index contributed by atoms with van der Waals surface area (Å²) < 4.78 is 6.40. The summed E-state index contributed by atoms with van der Waals surface area (Å²) in [5.74, 6) is 1.17. The highest BCUT2D eigenvalue weighted by Gasteiger charge is 2.39. The van der Waals surface area contributed by atoms with E-state index in [-0.39, 0.29) is 5.41 Å². The number of hydrogen-bond donors (Lipinski definition) is 0. The lowest BCUT2D eigenvalue weighted by molar-refractivity contribution is 0.539. The zero-order valence-electron chi connectivity index (χ0n) is 23.0. The first-order chi connectivity index (χ1) is 19.1. The van der Waals surface area contributed by atoms with Crippen molar-refractivity contribution in [3.63, 3.8) is 0 Å². The van der Waals surface area contributed by atoms with Crippen LogP contribution in [0.15, 0.2) is 106 Å². The lowest BCUT2D eigenvalue weighted by Gasteiger charge is -2.45. The predicted octanol–water partition coefficient (Wildman–Crippen LogP) is 9.95. The summed E-state index contributed by atoms with van der Waals surface area (Å²) in [6, 6.07) is 15.9. The molecular formula is C37H35NO. The number of allylic oxidation sites excluding steroid dienone is 11. The molecule has 2 heterocycles. The van der Waals surface area contributed by atoms with E-state index in [4.69, 9.17) is 4.42 Å². The van der Waals surface area contributed by atoms with Crippen molar-refractivity contribution in [2.75, 3.05) is 4.90 Å². The maximum atomic E-state index is 6.40. The molecule has 0 spiro atoms. The molecule has 0 N–H and O–H groups in total. The molecule has 2 aromatic carbocycles. The van der Waals surface area contributed by atoms with Crippen LogP contribution >= 0.6 is 0 Å². The van der Waals surface area contributed by atoms with Gasteiger partial charge in [-0.05, 0) is 97.1 Å². The molecule has 0 saturated heterocycles. The smallest absolute Gasteiger partial charge is 0.134 e. The summed E-state index contributed by atoms with van der Waals surface area (Å²) in [4.78, 5) is 2.55. The van der Waals surface area contributed by atoms with Gasteiger partial charge in [-0.1, -0.05) is 74.1 Å².